The molecule has 0 unspecified atom stereocenters. The summed E-state index contributed by atoms with van der Waals surface area (Å²) in [7, 11) is 0. The first kappa shape index (κ1) is 19.7. The second-order valence-corrected chi connectivity index (χ2v) is 8.37. The fourth-order valence-electron chi connectivity index (χ4n) is 3.92. The molecule has 0 atom stereocenters. The number of halogens is 1. The number of anilines is 1. The molecule has 0 radical (unpaired) electrons. The van der Waals surface area contributed by atoms with E-state index in [1.165, 1.54) is 11.1 Å². The number of rotatable bonds is 6. The lowest BCUT2D eigenvalue weighted by Gasteiger charge is -2.25. The summed E-state index contributed by atoms with van der Waals surface area (Å²) in [6, 6.07) is 26.9. The number of hydrogen-bond acceptors (Lipinski definition) is 2. The molecular weight excluding hydrogens is 424 g/mol. The number of carbonyl (C=O) groups is 1. The van der Waals surface area contributed by atoms with Crippen LogP contribution in [0.25, 0.3) is 0 Å². The molecule has 4 rings (SSSR count). The second-order valence-electron chi connectivity index (χ2n) is 7.45. The second kappa shape index (κ2) is 9.27. The quantitative estimate of drug-likeness (QED) is 0.493. The van der Waals surface area contributed by atoms with Crippen LogP contribution >= 0.6 is 15.9 Å². The number of fused-ring (bicyclic) bond motifs is 1. The highest BCUT2D eigenvalue weighted by molar-refractivity contribution is 9.10. The Bertz CT molecular complexity index is 973. The molecule has 148 valence electrons. The molecule has 3 nitrogen and oxygen atoms in total. The van der Waals surface area contributed by atoms with E-state index in [1.54, 1.807) is 0 Å². The van der Waals surface area contributed by atoms with E-state index < -0.39 is 0 Å². The largest absolute Gasteiger partial charge is 0.365 e. The van der Waals surface area contributed by atoms with Gasteiger partial charge in [0.05, 0.1) is 5.56 Å². The molecule has 4 heteroatoms. The summed E-state index contributed by atoms with van der Waals surface area (Å²) in [5.74, 6) is 0.144. The van der Waals surface area contributed by atoms with Gasteiger partial charge in [-0.25, -0.2) is 0 Å². The van der Waals surface area contributed by atoms with Crippen molar-refractivity contribution in [2.45, 2.75) is 19.4 Å². The maximum Gasteiger partial charge on any atom is 0.256 e. The van der Waals surface area contributed by atoms with E-state index in [4.69, 9.17) is 0 Å². The van der Waals surface area contributed by atoms with Crippen LogP contribution in [-0.4, -0.2) is 30.4 Å². The van der Waals surface area contributed by atoms with Crippen LogP contribution in [-0.2, 0) is 13.0 Å². The average molecular weight is 449 g/mol. The number of para-hydroxylation sites is 1. The molecule has 0 fully saturated rings. The third kappa shape index (κ3) is 4.88. The molecule has 29 heavy (non-hydrogen) atoms. The minimum atomic E-state index is 0.144. The van der Waals surface area contributed by atoms with Crippen LogP contribution in [0.5, 0.6) is 0 Å². The molecular formula is C25H25BrN2O. The molecule has 1 aliphatic heterocycles. The van der Waals surface area contributed by atoms with E-state index in [9.17, 15) is 4.79 Å². The van der Waals surface area contributed by atoms with Crippen molar-refractivity contribution in [3.63, 3.8) is 0 Å². The van der Waals surface area contributed by atoms with Gasteiger partial charge in [0.15, 0.2) is 0 Å². The van der Waals surface area contributed by atoms with Gasteiger partial charge in [0.2, 0.25) is 0 Å². The van der Waals surface area contributed by atoms with E-state index in [2.05, 4.69) is 69.4 Å². The van der Waals surface area contributed by atoms with E-state index in [1.807, 2.05) is 35.2 Å². The molecule has 0 N–H and O–H groups in total. The van der Waals surface area contributed by atoms with Gasteiger partial charge in [-0.3, -0.25) is 4.79 Å². The van der Waals surface area contributed by atoms with E-state index in [-0.39, 0.29) is 5.91 Å². The van der Waals surface area contributed by atoms with Crippen molar-refractivity contribution in [2.75, 3.05) is 24.5 Å². The summed E-state index contributed by atoms with van der Waals surface area (Å²) >= 11 is 3.56. The molecule has 1 amide bonds. The molecule has 1 aliphatic rings. The van der Waals surface area contributed by atoms with Crippen molar-refractivity contribution in [1.82, 2.24) is 4.90 Å². The van der Waals surface area contributed by atoms with Gasteiger partial charge >= 0.3 is 0 Å². The number of nitrogens with zero attached hydrogens (tertiary/aromatic N) is 2. The van der Waals surface area contributed by atoms with E-state index in [0.717, 1.165) is 54.7 Å². The standard InChI is InChI=1S/C25H25BrN2O/c26-22-12-6-10-21(18-22)19-28-17-16-27(15-7-11-20-8-2-1-3-9-20)25(29)23-13-4-5-14-24(23)28/h1-6,8-10,12-14,18H,7,11,15-17,19H2. The Balaban J connectivity index is 1.49. The van der Waals surface area contributed by atoms with Crippen molar-refractivity contribution in [1.29, 1.82) is 0 Å². The lowest BCUT2D eigenvalue weighted by atomic mass is 10.1. The number of benzene rings is 3. The predicted molar refractivity (Wildman–Crippen MR) is 122 cm³/mol. The average Bonchev–Trinajstić information content (AvgIpc) is 2.87. The van der Waals surface area contributed by atoms with Crippen molar-refractivity contribution < 1.29 is 4.79 Å². The van der Waals surface area contributed by atoms with Crippen LogP contribution in [0, 0.1) is 0 Å². The van der Waals surface area contributed by atoms with Crippen molar-refractivity contribution in [2.24, 2.45) is 0 Å². The van der Waals surface area contributed by atoms with Crippen LogP contribution in [0.3, 0.4) is 0 Å². The maximum atomic E-state index is 13.2. The summed E-state index contributed by atoms with van der Waals surface area (Å²) in [6.07, 6.45) is 1.97. The smallest absolute Gasteiger partial charge is 0.256 e. The molecule has 0 aliphatic carbocycles. The summed E-state index contributed by atoms with van der Waals surface area (Å²) in [5.41, 5.74) is 4.40. The number of carbonyl (C=O) groups excluding carboxylic acids is 1. The molecule has 3 aromatic carbocycles. The molecule has 0 spiro atoms. The minimum absolute atomic E-state index is 0.144. The fraction of sp³-hybridized carbons (Fsp3) is 0.240. The summed E-state index contributed by atoms with van der Waals surface area (Å²) in [6.45, 7) is 3.16. The van der Waals surface area contributed by atoms with Crippen LogP contribution in [0.1, 0.15) is 27.9 Å². The third-order valence-corrected chi connectivity index (χ3v) is 5.89. The van der Waals surface area contributed by atoms with Gasteiger partial charge in [-0.2, -0.15) is 0 Å². The lowest BCUT2D eigenvalue weighted by Crippen LogP contribution is -2.35. The highest BCUT2D eigenvalue weighted by atomic mass is 79.9. The highest BCUT2D eigenvalue weighted by Gasteiger charge is 2.25. The Labute approximate surface area is 181 Å². The minimum Gasteiger partial charge on any atom is -0.365 e. The zero-order valence-corrected chi connectivity index (χ0v) is 18.0. The molecule has 3 aromatic rings. The number of aryl methyl sites for hydroxylation is 1. The SMILES string of the molecule is O=C1c2ccccc2N(Cc2cccc(Br)c2)CCN1CCCc1ccccc1. The van der Waals surface area contributed by atoms with Gasteiger partial charge in [-0.1, -0.05) is 70.5 Å². The molecule has 0 saturated carbocycles. The fourth-order valence-corrected chi connectivity index (χ4v) is 4.36. The summed E-state index contributed by atoms with van der Waals surface area (Å²) < 4.78 is 1.08. The molecule has 0 bridgehead atoms. The van der Waals surface area contributed by atoms with Crippen molar-refractivity contribution in [3.8, 4) is 0 Å². The zero-order chi connectivity index (χ0) is 20.1. The first-order chi connectivity index (χ1) is 14.2. The van der Waals surface area contributed by atoms with Crippen LogP contribution in [0.15, 0.2) is 83.3 Å². The first-order valence-electron chi connectivity index (χ1n) is 10.1. The molecule has 0 saturated heterocycles. The Hall–Kier alpha value is -2.59. The van der Waals surface area contributed by atoms with Crippen molar-refractivity contribution in [3.05, 3.63) is 100 Å². The highest BCUT2D eigenvalue weighted by Crippen LogP contribution is 2.27. The Kier molecular flexibility index (Phi) is 6.30. The molecule has 1 heterocycles. The van der Waals surface area contributed by atoms with Crippen LogP contribution in [0.4, 0.5) is 5.69 Å². The maximum absolute atomic E-state index is 13.2. The van der Waals surface area contributed by atoms with Gasteiger partial charge in [0.25, 0.3) is 5.91 Å². The van der Waals surface area contributed by atoms with Crippen LogP contribution < -0.4 is 4.90 Å². The number of amides is 1. The number of hydrogen-bond donors (Lipinski definition) is 0. The predicted octanol–water partition coefficient (Wildman–Crippen LogP) is 5.54. The van der Waals surface area contributed by atoms with Gasteiger partial charge in [-0.15, -0.1) is 0 Å². The van der Waals surface area contributed by atoms with Crippen LogP contribution in [0.2, 0.25) is 0 Å². The summed E-state index contributed by atoms with van der Waals surface area (Å²) in [5, 5.41) is 0. The monoisotopic (exact) mass is 448 g/mol. The van der Waals surface area contributed by atoms with Gasteiger partial charge in [-0.05, 0) is 48.2 Å². The van der Waals surface area contributed by atoms with Gasteiger partial charge in [0.1, 0.15) is 0 Å². The Morgan fingerprint density at radius 3 is 2.34 bits per heavy atom. The summed E-state index contributed by atoms with van der Waals surface area (Å²) in [4.78, 5) is 17.6. The van der Waals surface area contributed by atoms with Crippen molar-refractivity contribution >= 4 is 27.5 Å². The van der Waals surface area contributed by atoms with Gasteiger partial charge in [0, 0.05) is 36.3 Å². The van der Waals surface area contributed by atoms with E-state index >= 15 is 0 Å². The topological polar surface area (TPSA) is 23.6 Å². The van der Waals surface area contributed by atoms with E-state index in [0.29, 0.717) is 0 Å². The zero-order valence-electron chi connectivity index (χ0n) is 16.4. The first-order valence-corrected chi connectivity index (χ1v) is 10.9. The van der Waals surface area contributed by atoms with Gasteiger partial charge < -0.3 is 9.80 Å². The normalized spacial score (nSPS) is 13.9. The lowest BCUT2D eigenvalue weighted by molar-refractivity contribution is 0.0764. The Morgan fingerprint density at radius 1 is 0.793 bits per heavy atom. The third-order valence-electron chi connectivity index (χ3n) is 5.40. The Morgan fingerprint density at radius 2 is 1.52 bits per heavy atom. The molecule has 0 aromatic heterocycles.